The third-order valence-corrected chi connectivity index (χ3v) is 5.37. The Bertz CT molecular complexity index is 735. The second-order valence-electron chi connectivity index (χ2n) is 8.53. The standard InChI is InChI=1S/C21H32N4O4/c1-13(2)11-16(19(22)26)23-21(27)29-18-9-8-17(25-10-4-5-14(25)3)20(24-18)28-12-15-6-7-15/h8-9,13-16H,4-7,10-12H2,1-3H3,(H2,22,26)(H,23,27)/t14?,16-/m0/s1. The van der Waals surface area contributed by atoms with Crippen LogP contribution in [0.5, 0.6) is 11.8 Å². The van der Waals surface area contributed by atoms with Gasteiger partial charge in [-0.2, -0.15) is 4.98 Å². The minimum atomic E-state index is -0.780. The van der Waals surface area contributed by atoms with Crippen molar-refractivity contribution in [1.29, 1.82) is 0 Å². The predicted molar refractivity (Wildman–Crippen MR) is 110 cm³/mol. The van der Waals surface area contributed by atoms with Gasteiger partial charge in [0.1, 0.15) is 11.7 Å². The van der Waals surface area contributed by atoms with E-state index >= 15 is 0 Å². The summed E-state index contributed by atoms with van der Waals surface area (Å²) in [7, 11) is 0. The topological polar surface area (TPSA) is 107 Å². The van der Waals surface area contributed by atoms with Crippen molar-refractivity contribution in [3.8, 4) is 11.8 Å². The molecule has 8 heteroatoms. The quantitative estimate of drug-likeness (QED) is 0.655. The Morgan fingerprint density at radius 3 is 2.66 bits per heavy atom. The van der Waals surface area contributed by atoms with Crippen molar-refractivity contribution in [3.63, 3.8) is 0 Å². The van der Waals surface area contributed by atoms with E-state index in [1.54, 1.807) is 6.07 Å². The molecule has 2 heterocycles. The second-order valence-corrected chi connectivity index (χ2v) is 8.53. The normalized spacial score (nSPS) is 19.9. The summed E-state index contributed by atoms with van der Waals surface area (Å²) < 4.78 is 11.3. The molecule has 1 aromatic heterocycles. The number of anilines is 1. The van der Waals surface area contributed by atoms with Gasteiger partial charge >= 0.3 is 6.09 Å². The van der Waals surface area contributed by atoms with Crippen LogP contribution < -0.4 is 25.4 Å². The molecule has 0 radical (unpaired) electrons. The summed E-state index contributed by atoms with van der Waals surface area (Å²) in [6.45, 7) is 7.67. The molecule has 1 aliphatic heterocycles. The van der Waals surface area contributed by atoms with Crippen molar-refractivity contribution < 1.29 is 19.1 Å². The zero-order chi connectivity index (χ0) is 21.0. The fourth-order valence-electron chi connectivity index (χ4n) is 3.55. The number of primary amides is 1. The van der Waals surface area contributed by atoms with Crippen LogP contribution in [0.2, 0.25) is 0 Å². The smallest absolute Gasteiger partial charge is 0.414 e. The molecule has 0 bridgehead atoms. The minimum Gasteiger partial charge on any atom is -0.476 e. The van der Waals surface area contributed by atoms with Gasteiger partial charge in [-0.25, -0.2) is 4.79 Å². The van der Waals surface area contributed by atoms with E-state index in [9.17, 15) is 9.59 Å². The van der Waals surface area contributed by atoms with Gasteiger partial charge in [0.05, 0.1) is 6.61 Å². The van der Waals surface area contributed by atoms with E-state index in [4.69, 9.17) is 15.2 Å². The number of pyridine rings is 1. The van der Waals surface area contributed by atoms with Gasteiger partial charge in [0.2, 0.25) is 17.7 Å². The van der Waals surface area contributed by atoms with Crippen molar-refractivity contribution in [2.45, 2.75) is 65.0 Å². The zero-order valence-electron chi connectivity index (χ0n) is 17.5. The lowest BCUT2D eigenvalue weighted by molar-refractivity contribution is -0.120. The molecule has 0 aromatic carbocycles. The summed E-state index contributed by atoms with van der Waals surface area (Å²) in [4.78, 5) is 30.5. The van der Waals surface area contributed by atoms with Gasteiger partial charge < -0.3 is 25.4 Å². The van der Waals surface area contributed by atoms with E-state index < -0.39 is 18.0 Å². The highest BCUT2D eigenvalue weighted by molar-refractivity contribution is 5.84. The third kappa shape index (κ3) is 5.98. The summed E-state index contributed by atoms with van der Waals surface area (Å²) in [5.74, 6) is 0.827. The Morgan fingerprint density at radius 1 is 1.31 bits per heavy atom. The first-order valence-electron chi connectivity index (χ1n) is 10.5. The van der Waals surface area contributed by atoms with Gasteiger partial charge in [-0.15, -0.1) is 0 Å². The predicted octanol–water partition coefficient (Wildman–Crippen LogP) is 2.85. The van der Waals surface area contributed by atoms with E-state index in [0.717, 1.165) is 25.1 Å². The molecule has 2 atom stereocenters. The molecule has 1 saturated heterocycles. The number of carbonyl (C=O) groups is 2. The molecular formula is C21H32N4O4. The van der Waals surface area contributed by atoms with Crippen molar-refractivity contribution >= 4 is 17.7 Å². The van der Waals surface area contributed by atoms with Crippen molar-refractivity contribution in [2.75, 3.05) is 18.1 Å². The number of carbonyl (C=O) groups excluding carboxylic acids is 2. The lowest BCUT2D eigenvalue weighted by Crippen LogP contribution is -2.46. The molecule has 2 amide bonds. The molecule has 0 spiro atoms. The Morgan fingerprint density at radius 2 is 2.07 bits per heavy atom. The van der Waals surface area contributed by atoms with Gasteiger partial charge in [0, 0.05) is 18.7 Å². The zero-order valence-corrected chi connectivity index (χ0v) is 17.5. The third-order valence-electron chi connectivity index (χ3n) is 5.37. The SMILES string of the molecule is CC(C)C[C@H](NC(=O)Oc1ccc(N2CCCC2C)c(OCC2CC2)n1)C(N)=O. The molecule has 2 aliphatic rings. The van der Waals surface area contributed by atoms with Crippen molar-refractivity contribution in [1.82, 2.24) is 10.3 Å². The summed E-state index contributed by atoms with van der Waals surface area (Å²) in [5.41, 5.74) is 6.31. The Hall–Kier alpha value is -2.51. The first kappa shape index (κ1) is 21.2. The van der Waals surface area contributed by atoms with E-state index in [1.165, 1.54) is 12.8 Å². The van der Waals surface area contributed by atoms with Crippen LogP contribution in [0.1, 0.15) is 52.9 Å². The van der Waals surface area contributed by atoms with Crippen molar-refractivity contribution in [2.24, 2.45) is 17.6 Å². The Labute approximate surface area is 172 Å². The van der Waals surface area contributed by atoms with E-state index in [-0.39, 0.29) is 11.8 Å². The van der Waals surface area contributed by atoms with Gasteiger partial charge in [0.25, 0.3) is 0 Å². The summed E-state index contributed by atoms with van der Waals surface area (Å²) in [6, 6.07) is 3.19. The van der Waals surface area contributed by atoms with Crippen LogP contribution in [0, 0.1) is 11.8 Å². The van der Waals surface area contributed by atoms with Crippen LogP contribution in [0.4, 0.5) is 10.5 Å². The molecule has 3 rings (SSSR count). The van der Waals surface area contributed by atoms with E-state index in [0.29, 0.717) is 30.9 Å². The van der Waals surface area contributed by atoms with Crippen LogP contribution in [0.3, 0.4) is 0 Å². The molecule has 1 saturated carbocycles. The van der Waals surface area contributed by atoms with Crippen LogP contribution in [-0.2, 0) is 4.79 Å². The molecular weight excluding hydrogens is 372 g/mol. The van der Waals surface area contributed by atoms with Gasteiger partial charge in [-0.1, -0.05) is 13.8 Å². The molecule has 1 aliphatic carbocycles. The molecule has 1 unspecified atom stereocenters. The Kier molecular flexibility index (Phi) is 6.82. The second kappa shape index (κ2) is 9.33. The van der Waals surface area contributed by atoms with Crippen LogP contribution in [0.25, 0.3) is 0 Å². The fourth-order valence-corrected chi connectivity index (χ4v) is 3.55. The highest BCUT2D eigenvalue weighted by atomic mass is 16.6. The number of nitrogens with two attached hydrogens (primary N) is 1. The van der Waals surface area contributed by atoms with Crippen LogP contribution in [-0.4, -0.2) is 42.2 Å². The number of nitrogens with one attached hydrogen (secondary N) is 1. The molecule has 8 nitrogen and oxygen atoms in total. The number of hydrogen-bond donors (Lipinski definition) is 2. The highest BCUT2D eigenvalue weighted by Gasteiger charge is 2.27. The van der Waals surface area contributed by atoms with Gasteiger partial charge in [-0.05, 0) is 56.9 Å². The molecule has 1 aromatic rings. The van der Waals surface area contributed by atoms with Gasteiger partial charge in [-0.3, -0.25) is 4.79 Å². The minimum absolute atomic E-state index is 0.136. The van der Waals surface area contributed by atoms with Crippen molar-refractivity contribution in [3.05, 3.63) is 12.1 Å². The number of rotatable bonds is 9. The fraction of sp³-hybridized carbons (Fsp3) is 0.667. The number of nitrogens with zero attached hydrogens (tertiary/aromatic N) is 2. The van der Waals surface area contributed by atoms with E-state index in [1.807, 2.05) is 19.9 Å². The van der Waals surface area contributed by atoms with E-state index in [2.05, 4.69) is 22.1 Å². The monoisotopic (exact) mass is 404 g/mol. The average Bonchev–Trinajstić information content (AvgIpc) is 3.39. The number of aromatic nitrogens is 1. The molecule has 2 fully saturated rings. The average molecular weight is 405 g/mol. The first-order valence-corrected chi connectivity index (χ1v) is 10.5. The number of amides is 2. The summed E-state index contributed by atoms with van der Waals surface area (Å²) in [6.07, 6.45) is 4.31. The lowest BCUT2D eigenvalue weighted by Gasteiger charge is -2.25. The lowest BCUT2D eigenvalue weighted by atomic mass is 10.0. The first-order chi connectivity index (χ1) is 13.8. The maximum Gasteiger partial charge on any atom is 0.414 e. The Balaban J connectivity index is 1.70. The maximum absolute atomic E-state index is 12.3. The summed E-state index contributed by atoms with van der Waals surface area (Å²) >= 11 is 0. The summed E-state index contributed by atoms with van der Waals surface area (Å²) in [5, 5.41) is 2.53. The van der Waals surface area contributed by atoms with Gasteiger partial charge in [0.15, 0.2) is 0 Å². The highest BCUT2D eigenvalue weighted by Crippen LogP contribution is 2.36. The van der Waals surface area contributed by atoms with Crippen LogP contribution >= 0.6 is 0 Å². The number of ether oxygens (including phenoxy) is 2. The van der Waals surface area contributed by atoms with Crippen LogP contribution in [0.15, 0.2) is 12.1 Å². The largest absolute Gasteiger partial charge is 0.476 e. The number of hydrogen-bond acceptors (Lipinski definition) is 6. The molecule has 3 N–H and O–H groups in total. The maximum atomic E-state index is 12.3. The molecule has 29 heavy (non-hydrogen) atoms. The molecule has 160 valence electrons.